The van der Waals surface area contributed by atoms with Gasteiger partial charge < -0.3 is 4.90 Å². The van der Waals surface area contributed by atoms with E-state index in [1.807, 2.05) is 0 Å². The third-order valence-corrected chi connectivity index (χ3v) is 8.66. The van der Waals surface area contributed by atoms with Crippen LogP contribution in [0.3, 0.4) is 0 Å². The van der Waals surface area contributed by atoms with E-state index >= 15 is 0 Å². The van der Waals surface area contributed by atoms with E-state index in [-0.39, 0.29) is 0 Å². The summed E-state index contributed by atoms with van der Waals surface area (Å²) in [6, 6.07) is 61.6. The molecule has 0 radical (unpaired) electrons. The lowest BCUT2D eigenvalue weighted by atomic mass is 9.85. The fourth-order valence-corrected chi connectivity index (χ4v) is 6.65. The van der Waals surface area contributed by atoms with Gasteiger partial charge in [0.1, 0.15) is 0 Å². The van der Waals surface area contributed by atoms with Crippen molar-refractivity contribution < 1.29 is 0 Å². The maximum atomic E-state index is 2.35. The summed E-state index contributed by atoms with van der Waals surface area (Å²) in [4.78, 5) is 2.31. The number of aryl methyl sites for hydroxylation is 1. The molecule has 0 aliphatic rings. The number of anilines is 3. The fraction of sp³-hybridized carbons (Fsp3) is 0.0233. The van der Waals surface area contributed by atoms with E-state index in [0.29, 0.717) is 0 Å². The van der Waals surface area contributed by atoms with Crippen molar-refractivity contribution in [2.75, 3.05) is 4.90 Å². The van der Waals surface area contributed by atoms with Crippen LogP contribution in [0.1, 0.15) is 5.56 Å². The number of nitrogens with zero attached hydrogens (tertiary/aromatic N) is 1. The molecule has 0 fully saturated rings. The molecule has 44 heavy (non-hydrogen) atoms. The van der Waals surface area contributed by atoms with Crippen molar-refractivity contribution in [3.8, 4) is 22.3 Å². The number of benzene rings is 8. The van der Waals surface area contributed by atoms with Gasteiger partial charge in [0.15, 0.2) is 0 Å². The van der Waals surface area contributed by atoms with Crippen LogP contribution in [0.4, 0.5) is 17.1 Å². The van der Waals surface area contributed by atoms with Gasteiger partial charge in [0.2, 0.25) is 0 Å². The summed E-state index contributed by atoms with van der Waals surface area (Å²) >= 11 is 0. The van der Waals surface area contributed by atoms with Crippen LogP contribution in [-0.4, -0.2) is 0 Å². The van der Waals surface area contributed by atoms with Crippen molar-refractivity contribution in [1.82, 2.24) is 0 Å². The molecule has 0 spiro atoms. The molecule has 8 aromatic rings. The second kappa shape index (κ2) is 10.9. The van der Waals surface area contributed by atoms with Crippen molar-refractivity contribution in [1.29, 1.82) is 0 Å². The van der Waals surface area contributed by atoms with Crippen LogP contribution in [0.5, 0.6) is 0 Å². The number of hydrogen-bond acceptors (Lipinski definition) is 1. The quantitative estimate of drug-likeness (QED) is 0.189. The lowest BCUT2D eigenvalue weighted by Crippen LogP contribution is -2.09. The molecule has 208 valence electrons. The Kier molecular flexibility index (Phi) is 6.43. The molecule has 0 unspecified atom stereocenters. The predicted molar refractivity (Wildman–Crippen MR) is 189 cm³/mol. The molecule has 0 amide bonds. The van der Waals surface area contributed by atoms with Crippen LogP contribution in [0.15, 0.2) is 170 Å². The highest BCUT2D eigenvalue weighted by Crippen LogP contribution is 2.45. The van der Waals surface area contributed by atoms with Crippen LogP contribution >= 0.6 is 0 Å². The smallest absolute Gasteiger partial charge is 0.0462 e. The Morgan fingerprint density at radius 1 is 0.341 bits per heavy atom. The largest absolute Gasteiger partial charge is 0.311 e. The van der Waals surface area contributed by atoms with E-state index in [4.69, 9.17) is 0 Å². The van der Waals surface area contributed by atoms with Crippen molar-refractivity contribution >= 4 is 49.4 Å². The van der Waals surface area contributed by atoms with E-state index in [1.54, 1.807) is 0 Å². The number of para-hydroxylation sites is 2. The second-order valence-corrected chi connectivity index (χ2v) is 11.5. The van der Waals surface area contributed by atoms with Gasteiger partial charge in [-0.2, -0.15) is 0 Å². The first kappa shape index (κ1) is 26.0. The van der Waals surface area contributed by atoms with Gasteiger partial charge in [-0.1, -0.05) is 133 Å². The summed E-state index contributed by atoms with van der Waals surface area (Å²) in [5, 5.41) is 7.61. The van der Waals surface area contributed by atoms with Crippen molar-refractivity contribution in [3.63, 3.8) is 0 Å². The van der Waals surface area contributed by atoms with E-state index in [2.05, 4.69) is 182 Å². The topological polar surface area (TPSA) is 3.24 Å². The van der Waals surface area contributed by atoms with E-state index in [1.165, 1.54) is 60.1 Å². The Morgan fingerprint density at radius 2 is 0.750 bits per heavy atom. The molecule has 0 atom stereocenters. The van der Waals surface area contributed by atoms with Crippen LogP contribution in [-0.2, 0) is 0 Å². The number of fused-ring (bicyclic) bond motifs is 3. The van der Waals surface area contributed by atoms with Crippen LogP contribution in [0.25, 0.3) is 54.6 Å². The third kappa shape index (κ3) is 4.51. The molecule has 0 aliphatic carbocycles. The Hall–Kier alpha value is -5.66. The zero-order valence-electron chi connectivity index (χ0n) is 24.6. The second-order valence-electron chi connectivity index (χ2n) is 11.5. The summed E-state index contributed by atoms with van der Waals surface area (Å²) in [6.45, 7) is 2.15. The van der Waals surface area contributed by atoms with Gasteiger partial charge in [-0.3, -0.25) is 0 Å². The van der Waals surface area contributed by atoms with Gasteiger partial charge in [-0.25, -0.2) is 0 Å². The van der Waals surface area contributed by atoms with Gasteiger partial charge in [0.25, 0.3) is 0 Å². The average Bonchev–Trinajstić information content (AvgIpc) is 3.08. The Balaban J connectivity index is 1.32. The van der Waals surface area contributed by atoms with E-state index in [0.717, 1.165) is 17.1 Å². The minimum absolute atomic E-state index is 1.13. The Morgan fingerprint density at radius 3 is 1.30 bits per heavy atom. The van der Waals surface area contributed by atoms with Crippen molar-refractivity contribution in [2.45, 2.75) is 6.92 Å². The van der Waals surface area contributed by atoms with Crippen LogP contribution in [0.2, 0.25) is 0 Å². The molecule has 0 aromatic heterocycles. The fourth-order valence-electron chi connectivity index (χ4n) is 6.65. The summed E-state index contributed by atoms with van der Waals surface area (Å²) in [6.07, 6.45) is 0. The minimum Gasteiger partial charge on any atom is -0.311 e. The zero-order chi connectivity index (χ0) is 29.5. The predicted octanol–water partition coefficient (Wildman–Crippen LogP) is 12.3. The van der Waals surface area contributed by atoms with Crippen LogP contribution < -0.4 is 4.90 Å². The SMILES string of the molecule is Cc1ccc2cc(-c3c4ccccc4c(-c4ccc(N(c5ccccc5)c5ccccc5)cc4)c4ccccc34)ccc2c1. The summed E-state index contributed by atoms with van der Waals surface area (Å²) in [7, 11) is 0. The highest BCUT2D eigenvalue weighted by Gasteiger charge is 2.18. The normalized spacial score (nSPS) is 11.3. The first-order valence-corrected chi connectivity index (χ1v) is 15.2. The van der Waals surface area contributed by atoms with E-state index < -0.39 is 0 Å². The van der Waals surface area contributed by atoms with Gasteiger partial charge in [0.05, 0.1) is 0 Å². The monoisotopic (exact) mass is 561 g/mol. The average molecular weight is 562 g/mol. The summed E-state index contributed by atoms with van der Waals surface area (Å²) < 4.78 is 0. The molecule has 0 bridgehead atoms. The molecular weight excluding hydrogens is 530 g/mol. The highest BCUT2D eigenvalue weighted by atomic mass is 15.1. The maximum absolute atomic E-state index is 2.35. The van der Waals surface area contributed by atoms with Gasteiger partial charge in [-0.15, -0.1) is 0 Å². The number of hydrogen-bond donors (Lipinski definition) is 0. The Labute approximate surface area is 258 Å². The van der Waals surface area contributed by atoms with Gasteiger partial charge in [-0.05, 0) is 104 Å². The summed E-state index contributed by atoms with van der Waals surface area (Å²) in [5.74, 6) is 0. The van der Waals surface area contributed by atoms with Gasteiger partial charge >= 0.3 is 0 Å². The molecule has 0 saturated carbocycles. The Bertz CT molecular complexity index is 2170. The molecule has 8 rings (SSSR count). The molecular formula is C43H31N. The zero-order valence-corrected chi connectivity index (χ0v) is 24.6. The van der Waals surface area contributed by atoms with Crippen molar-refractivity contribution in [2.24, 2.45) is 0 Å². The lowest BCUT2D eigenvalue weighted by Gasteiger charge is -2.25. The van der Waals surface area contributed by atoms with Gasteiger partial charge in [0, 0.05) is 17.1 Å². The molecule has 1 nitrogen and oxygen atoms in total. The maximum Gasteiger partial charge on any atom is 0.0462 e. The van der Waals surface area contributed by atoms with E-state index in [9.17, 15) is 0 Å². The number of rotatable bonds is 5. The highest BCUT2D eigenvalue weighted by molar-refractivity contribution is 6.21. The molecule has 8 aromatic carbocycles. The standard InChI is InChI=1S/C43H31N/c1-30-20-21-33-29-34(23-22-32(33)28-30)43-40-18-10-8-16-38(40)42(39-17-9-11-19-41(39)43)31-24-26-37(27-25-31)44(35-12-4-2-5-13-35)36-14-6-3-7-15-36/h2-29H,1H3. The van der Waals surface area contributed by atoms with Crippen LogP contribution in [0, 0.1) is 6.92 Å². The molecule has 0 N–H and O–H groups in total. The minimum atomic E-state index is 1.13. The first-order valence-electron chi connectivity index (χ1n) is 15.2. The summed E-state index contributed by atoms with van der Waals surface area (Å²) in [5.41, 5.74) is 9.71. The first-order chi connectivity index (χ1) is 21.7. The molecule has 1 heteroatoms. The third-order valence-electron chi connectivity index (χ3n) is 8.66. The molecule has 0 heterocycles. The molecule has 0 saturated heterocycles. The lowest BCUT2D eigenvalue weighted by molar-refractivity contribution is 1.28. The molecule has 0 aliphatic heterocycles. The van der Waals surface area contributed by atoms with Crippen molar-refractivity contribution in [3.05, 3.63) is 175 Å².